The van der Waals surface area contributed by atoms with Gasteiger partial charge in [0.05, 0.1) is 30.8 Å². The first kappa shape index (κ1) is 15.1. The van der Waals surface area contributed by atoms with E-state index in [1.54, 1.807) is 0 Å². The van der Waals surface area contributed by atoms with E-state index in [0.717, 1.165) is 36.1 Å². The first-order valence-corrected chi connectivity index (χ1v) is 7.93. The van der Waals surface area contributed by atoms with Gasteiger partial charge in [-0.25, -0.2) is 13.8 Å². The molecule has 0 unspecified atom stereocenters. The summed E-state index contributed by atoms with van der Waals surface area (Å²) in [5, 5.41) is 0. The summed E-state index contributed by atoms with van der Waals surface area (Å²) in [6.45, 7) is 3.17. The van der Waals surface area contributed by atoms with Crippen LogP contribution in [0.4, 0.5) is 14.7 Å². The zero-order valence-electron chi connectivity index (χ0n) is 13.1. The largest absolute Gasteiger partial charge is 0.378 e. The summed E-state index contributed by atoms with van der Waals surface area (Å²) in [5.74, 6) is -0.325. The number of hydrogen-bond acceptors (Lipinski definition) is 3. The summed E-state index contributed by atoms with van der Waals surface area (Å²) in [7, 11) is 0. The lowest BCUT2D eigenvalue weighted by molar-refractivity contribution is 0.121. The number of benzene rings is 2. The van der Waals surface area contributed by atoms with Crippen molar-refractivity contribution in [3.8, 4) is 0 Å². The molecule has 0 atom stereocenters. The lowest BCUT2D eigenvalue weighted by atomic mass is 10.2. The maximum atomic E-state index is 13.5. The van der Waals surface area contributed by atoms with Crippen molar-refractivity contribution in [1.82, 2.24) is 9.55 Å². The third kappa shape index (κ3) is 2.85. The maximum Gasteiger partial charge on any atom is 0.207 e. The lowest BCUT2D eigenvalue weighted by Gasteiger charge is -2.28. The summed E-state index contributed by atoms with van der Waals surface area (Å²) in [6.07, 6.45) is 0. The molecule has 1 saturated heterocycles. The molecule has 3 aromatic rings. The predicted molar refractivity (Wildman–Crippen MR) is 88.2 cm³/mol. The van der Waals surface area contributed by atoms with E-state index in [0.29, 0.717) is 25.3 Å². The van der Waals surface area contributed by atoms with Crippen molar-refractivity contribution in [2.45, 2.75) is 6.54 Å². The number of ether oxygens (including phenoxy) is 1. The SMILES string of the molecule is Fc1cc(F)cc(Cn2c(N3CCOCC3)nc3ccccc32)c1. The van der Waals surface area contributed by atoms with E-state index >= 15 is 0 Å². The van der Waals surface area contributed by atoms with Crippen molar-refractivity contribution >= 4 is 17.0 Å². The Balaban J connectivity index is 1.79. The van der Waals surface area contributed by atoms with Crippen molar-refractivity contribution in [3.63, 3.8) is 0 Å². The molecule has 0 bridgehead atoms. The van der Waals surface area contributed by atoms with Crippen LogP contribution in [0.15, 0.2) is 42.5 Å². The standard InChI is InChI=1S/C18H17F2N3O/c19-14-9-13(10-15(20)11-14)12-23-17-4-2-1-3-16(17)21-18(23)22-5-7-24-8-6-22/h1-4,9-11H,5-8,12H2. The quantitative estimate of drug-likeness (QED) is 0.739. The van der Waals surface area contributed by atoms with Crippen LogP contribution in [0.3, 0.4) is 0 Å². The molecule has 0 radical (unpaired) electrons. The molecule has 0 saturated carbocycles. The van der Waals surface area contributed by atoms with Crippen molar-refractivity contribution in [3.05, 3.63) is 59.7 Å². The van der Waals surface area contributed by atoms with Gasteiger partial charge in [0, 0.05) is 19.2 Å². The third-order valence-corrected chi connectivity index (χ3v) is 4.19. The van der Waals surface area contributed by atoms with E-state index in [1.165, 1.54) is 12.1 Å². The van der Waals surface area contributed by atoms with Crippen LogP contribution in [0, 0.1) is 11.6 Å². The Bertz CT molecular complexity index is 852. The Labute approximate surface area is 138 Å². The number of nitrogens with zero attached hydrogens (tertiary/aromatic N) is 3. The fourth-order valence-corrected chi connectivity index (χ4v) is 3.11. The Morgan fingerprint density at radius 1 is 1.00 bits per heavy atom. The van der Waals surface area contributed by atoms with E-state index in [9.17, 15) is 8.78 Å². The number of imidazole rings is 1. The molecule has 1 aromatic heterocycles. The number of anilines is 1. The molecule has 1 aliphatic rings. The summed E-state index contributed by atoms with van der Waals surface area (Å²) < 4.78 is 34.5. The van der Waals surface area contributed by atoms with Gasteiger partial charge >= 0.3 is 0 Å². The van der Waals surface area contributed by atoms with Gasteiger partial charge in [-0.15, -0.1) is 0 Å². The van der Waals surface area contributed by atoms with Crippen LogP contribution in [-0.4, -0.2) is 35.9 Å². The van der Waals surface area contributed by atoms with Gasteiger partial charge in [-0.3, -0.25) is 0 Å². The first-order valence-electron chi connectivity index (χ1n) is 7.93. The minimum absolute atomic E-state index is 0.363. The van der Waals surface area contributed by atoms with Gasteiger partial charge in [0.2, 0.25) is 5.95 Å². The molecule has 0 spiro atoms. The average molecular weight is 329 g/mol. The van der Waals surface area contributed by atoms with Crippen molar-refractivity contribution in [2.75, 3.05) is 31.2 Å². The van der Waals surface area contributed by atoms with E-state index in [2.05, 4.69) is 4.90 Å². The summed E-state index contributed by atoms with van der Waals surface area (Å²) >= 11 is 0. The van der Waals surface area contributed by atoms with Crippen LogP contribution < -0.4 is 4.90 Å². The normalized spacial score (nSPS) is 15.2. The molecule has 1 aliphatic heterocycles. The Hall–Kier alpha value is -2.47. The molecule has 0 amide bonds. The number of rotatable bonds is 3. The van der Waals surface area contributed by atoms with Crippen LogP contribution in [0.25, 0.3) is 11.0 Å². The van der Waals surface area contributed by atoms with Gasteiger partial charge in [-0.05, 0) is 29.8 Å². The van der Waals surface area contributed by atoms with Gasteiger partial charge in [-0.2, -0.15) is 0 Å². The summed E-state index contributed by atoms with van der Waals surface area (Å²) in [4.78, 5) is 6.88. The molecule has 4 rings (SSSR count). The highest BCUT2D eigenvalue weighted by atomic mass is 19.1. The number of halogens is 2. The fraction of sp³-hybridized carbons (Fsp3) is 0.278. The van der Waals surface area contributed by atoms with Gasteiger partial charge in [0.1, 0.15) is 11.6 Å². The molecular weight excluding hydrogens is 312 g/mol. The molecule has 2 aromatic carbocycles. The predicted octanol–water partition coefficient (Wildman–Crippen LogP) is 3.20. The van der Waals surface area contributed by atoms with Gasteiger partial charge in [0.25, 0.3) is 0 Å². The molecule has 124 valence electrons. The van der Waals surface area contributed by atoms with Crippen LogP contribution in [0.1, 0.15) is 5.56 Å². The first-order chi connectivity index (χ1) is 11.7. The second kappa shape index (κ2) is 6.20. The average Bonchev–Trinajstić information content (AvgIpc) is 2.94. The Morgan fingerprint density at radius 3 is 2.46 bits per heavy atom. The Morgan fingerprint density at radius 2 is 1.71 bits per heavy atom. The zero-order chi connectivity index (χ0) is 16.5. The molecule has 6 heteroatoms. The monoisotopic (exact) mass is 329 g/mol. The highest BCUT2D eigenvalue weighted by Gasteiger charge is 2.19. The molecule has 2 heterocycles. The van der Waals surface area contributed by atoms with Crippen LogP contribution >= 0.6 is 0 Å². The minimum Gasteiger partial charge on any atom is -0.378 e. The van der Waals surface area contributed by atoms with Gasteiger partial charge in [-0.1, -0.05) is 12.1 Å². The maximum absolute atomic E-state index is 13.5. The molecule has 4 nitrogen and oxygen atoms in total. The topological polar surface area (TPSA) is 30.3 Å². The van der Waals surface area contributed by atoms with Crippen molar-refractivity contribution in [2.24, 2.45) is 0 Å². The van der Waals surface area contributed by atoms with E-state index in [-0.39, 0.29) is 0 Å². The van der Waals surface area contributed by atoms with Crippen LogP contribution in [-0.2, 0) is 11.3 Å². The molecule has 0 N–H and O–H groups in total. The number of hydrogen-bond donors (Lipinski definition) is 0. The Kier molecular flexibility index (Phi) is 3.90. The zero-order valence-corrected chi connectivity index (χ0v) is 13.1. The molecular formula is C18H17F2N3O. The van der Waals surface area contributed by atoms with Crippen LogP contribution in [0.2, 0.25) is 0 Å². The number of aromatic nitrogens is 2. The fourth-order valence-electron chi connectivity index (χ4n) is 3.11. The minimum atomic E-state index is -0.567. The van der Waals surface area contributed by atoms with Gasteiger partial charge < -0.3 is 14.2 Å². The third-order valence-electron chi connectivity index (χ3n) is 4.19. The second-order valence-corrected chi connectivity index (χ2v) is 5.86. The molecule has 0 aliphatic carbocycles. The molecule has 1 fully saturated rings. The van der Waals surface area contributed by atoms with E-state index in [4.69, 9.17) is 9.72 Å². The van der Waals surface area contributed by atoms with Crippen LogP contribution in [0.5, 0.6) is 0 Å². The number of morpholine rings is 1. The smallest absolute Gasteiger partial charge is 0.207 e. The van der Waals surface area contributed by atoms with Crippen molar-refractivity contribution < 1.29 is 13.5 Å². The lowest BCUT2D eigenvalue weighted by Crippen LogP contribution is -2.38. The summed E-state index contributed by atoms with van der Waals surface area (Å²) in [5.41, 5.74) is 2.39. The number of fused-ring (bicyclic) bond motifs is 1. The molecule has 24 heavy (non-hydrogen) atoms. The highest BCUT2D eigenvalue weighted by Crippen LogP contribution is 2.25. The van der Waals surface area contributed by atoms with Gasteiger partial charge in [0.15, 0.2) is 0 Å². The highest BCUT2D eigenvalue weighted by molar-refractivity contribution is 5.79. The van der Waals surface area contributed by atoms with E-state index < -0.39 is 11.6 Å². The van der Waals surface area contributed by atoms with Crippen molar-refractivity contribution in [1.29, 1.82) is 0 Å². The van der Waals surface area contributed by atoms with E-state index in [1.807, 2.05) is 28.8 Å². The number of para-hydroxylation sites is 2. The second-order valence-electron chi connectivity index (χ2n) is 5.86. The summed E-state index contributed by atoms with van der Waals surface area (Å²) in [6, 6.07) is 11.4.